The maximum Gasteiger partial charge on any atom is 0.335 e. The van der Waals surface area contributed by atoms with Gasteiger partial charge in [0, 0.05) is 6.54 Å². The molecule has 1 aromatic rings. The summed E-state index contributed by atoms with van der Waals surface area (Å²) < 4.78 is 0. The average molecular weight is 278 g/mol. The lowest BCUT2D eigenvalue weighted by atomic mass is 10.0. The third kappa shape index (κ3) is 5.95. The van der Waals surface area contributed by atoms with Gasteiger partial charge in [0.2, 0.25) is 0 Å². The minimum absolute atomic E-state index is 0.263. The molecule has 0 heterocycles. The number of rotatable bonds is 9. The summed E-state index contributed by atoms with van der Waals surface area (Å²) in [5.41, 5.74) is 7.40. The summed E-state index contributed by atoms with van der Waals surface area (Å²) in [7, 11) is 0. The molecule has 20 heavy (non-hydrogen) atoms. The summed E-state index contributed by atoms with van der Waals surface area (Å²) in [5.74, 6) is -0.145. The summed E-state index contributed by atoms with van der Waals surface area (Å²) in [6, 6.07) is 4.75. The van der Waals surface area contributed by atoms with Gasteiger partial charge in [-0.05, 0) is 30.5 Å². The first-order valence-electron chi connectivity index (χ1n) is 7.37. The molecule has 0 saturated carbocycles. The average Bonchev–Trinajstić information content (AvgIpc) is 2.38. The van der Waals surface area contributed by atoms with Crippen molar-refractivity contribution in [2.45, 2.75) is 46.0 Å². The van der Waals surface area contributed by atoms with E-state index in [2.05, 4.69) is 19.2 Å². The molecule has 0 spiro atoms. The van der Waals surface area contributed by atoms with Crippen molar-refractivity contribution in [2.75, 3.05) is 17.6 Å². The first-order valence-corrected chi connectivity index (χ1v) is 7.37. The fraction of sp³-hybridized carbons (Fsp3) is 0.562. The Morgan fingerprint density at radius 3 is 2.60 bits per heavy atom. The Kier molecular flexibility index (Phi) is 6.91. The molecule has 0 amide bonds. The molecular weight excluding hydrogens is 252 g/mol. The lowest BCUT2D eigenvalue weighted by molar-refractivity contribution is 0.0697. The molecule has 1 rings (SSSR count). The van der Waals surface area contributed by atoms with Crippen molar-refractivity contribution in [2.24, 2.45) is 5.92 Å². The van der Waals surface area contributed by atoms with Crippen LogP contribution in [0.25, 0.3) is 0 Å². The van der Waals surface area contributed by atoms with Crippen molar-refractivity contribution in [3.8, 4) is 0 Å². The third-order valence-corrected chi connectivity index (χ3v) is 3.32. The minimum Gasteiger partial charge on any atom is -0.478 e. The van der Waals surface area contributed by atoms with E-state index in [1.165, 1.54) is 31.7 Å². The van der Waals surface area contributed by atoms with E-state index in [1.807, 2.05) is 0 Å². The number of nitrogens with one attached hydrogen (secondary N) is 1. The molecule has 0 bridgehead atoms. The zero-order valence-corrected chi connectivity index (χ0v) is 12.5. The van der Waals surface area contributed by atoms with Crippen LogP contribution in [0.3, 0.4) is 0 Å². The van der Waals surface area contributed by atoms with Gasteiger partial charge in [-0.1, -0.05) is 39.5 Å². The van der Waals surface area contributed by atoms with Crippen molar-refractivity contribution in [1.82, 2.24) is 0 Å². The van der Waals surface area contributed by atoms with Crippen LogP contribution in [0.5, 0.6) is 0 Å². The topological polar surface area (TPSA) is 75.3 Å². The highest BCUT2D eigenvalue weighted by Crippen LogP contribution is 2.20. The second-order valence-electron chi connectivity index (χ2n) is 5.63. The molecule has 0 saturated heterocycles. The van der Waals surface area contributed by atoms with Crippen LogP contribution in [0.1, 0.15) is 56.3 Å². The van der Waals surface area contributed by atoms with E-state index in [1.54, 1.807) is 12.1 Å². The van der Waals surface area contributed by atoms with E-state index in [9.17, 15) is 4.79 Å². The molecule has 112 valence electrons. The van der Waals surface area contributed by atoms with Gasteiger partial charge < -0.3 is 16.2 Å². The molecule has 0 aliphatic carbocycles. The van der Waals surface area contributed by atoms with Crippen LogP contribution in [0.15, 0.2) is 18.2 Å². The monoisotopic (exact) mass is 278 g/mol. The number of nitrogens with two attached hydrogens (primary N) is 1. The van der Waals surface area contributed by atoms with Crippen LogP contribution in [-0.4, -0.2) is 17.6 Å². The number of aromatic carboxylic acids is 1. The Bertz CT molecular complexity index is 430. The summed E-state index contributed by atoms with van der Waals surface area (Å²) in [4.78, 5) is 10.9. The fourth-order valence-corrected chi connectivity index (χ4v) is 2.10. The highest BCUT2D eigenvalue weighted by Gasteiger charge is 2.06. The van der Waals surface area contributed by atoms with Crippen molar-refractivity contribution >= 4 is 17.3 Å². The van der Waals surface area contributed by atoms with Gasteiger partial charge in [0.15, 0.2) is 0 Å². The van der Waals surface area contributed by atoms with Gasteiger partial charge in [-0.25, -0.2) is 4.79 Å². The van der Waals surface area contributed by atoms with E-state index >= 15 is 0 Å². The van der Waals surface area contributed by atoms with Gasteiger partial charge in [0.25, 0.3) is 0 Å². The first-order chi connectivity index (χ1) is 9.50. The number of carboxylic acid groups (broad SMARTS) is 1. The van der Waals surface area contributed by atoms with Crippen LogP contribution >= 0.6 is 0 Å². The van der Waals surface area contributed by atoms with E-state index in [0.717, 1.165) is 18.9 Å². The SMILES string of the molecule is CC(C)CCCCCCNc1cc(C(=O)O)ccc1N. The zero-order chi connectivity index (χ0) is 15.0. The second kappa shape index (κ2) is 8.46. The molecule has 0 unspecified atom stereocenters. The molecule has 0 aliphatic rings. The molecule has 0 atom stereocenters. The van der Waals surface area contributed by atoms with Crippen LogP contribution in [0.2, 0.25) is 0 Å². The summed E-state index contributed by atoms with van der Waals surface area (Å²) >= 11 is 0. The standard InChI is InChI=1S/C16H26N2O2/c1-12(2)7-5-3-4-6-10-18-15-11-13(16(19)20)8-9-14(15)17/h8-9,11-12,18H,3-7,10,17H2,1-2H3,(H,19,20). The van der Waals surface area contributed by atoms with E-state index in [-0.39, 0.29) is 5.56 Å². The number of hydrogen-bond acceptors (Lipinski definition) is 3. The van der Waals surface area contributed by atoms with Crippen LogP contribution in [0, 0.1) is 5.92 Å². The number of carbonyl (C=O) groups is 1. The Labute approximate surface area is 121 Å². The van der Waals surface area contributed by atoms with Crippen LogP contribution in [-0.2, 0) is 0 Å². The van der Waals surface area contributed by atoms with Crippen molar-refractivity contribution in [1.29, 1.82) is 0 Å². The van der Waals surface area contributed by atoms with Gasteiger partial charge >= 0.3 is 5.97 Å². The predicted octanol–water partition coefficient (Wildman–Crippen LogP) is 3.99. The minimum atomic E-state index is -0.929. The van der Waals surface area contributed by atoms with Crippen LogP contribution in [0.4, 0.5) is 11.4 Å². The number of nitrogen functional groups attached to an aromatic ring is 1. The fourth-order valence-electron chi connectivity index (χ4n) is 2.10. The molecule has 4 N–H and O–H groups in total. The molecule has 4 heteroatoms. The normalized spacial score (nSPS) is 10.8. The van der Waals surface area contributed by atoms with Gasteiger partial charge in [0.1, 0.15) is 0 Å². The van der Waals surface area contributed by atoms with Gasteiger partial charge in [-0.15, -0.1) is 0 Å². The molecular formula is C16H26N2O2. The molecule has 1 aromatic carbocycles. The highest BCUT2D eigenvalue weighted by atomic mass is 16.4. The smallest absolute Gasteiger partial charge is 0.335 e. The zero-order valence-electron chi connectivity index (χ0n) is 12.5. The Morgan fingerprint density at radius 2 is 1.95 bits per heavy atom. The van der Waals surface area contributed by atoms with Crippen LogP contribution < -0.4 is 11.1 Å². The Balaban J connectivity index is 2.28. The quantitative estimate of drug-likeness (QED) is 0.471. The van der Waals surface area contributed by atoms with E-state index in [4.69, 9.17) is 10.8 Å². The molecule has 0 aliphatic heterocycles. The summed E-state index contributed by atoms with van der Waals surface area (Å²) in [5, 5.41) is 12.2. The number of anilines is 2. The molecule has 0 fully saturated rings. The number of benzene rings is 1. The number of hydrogen-bond donors (Lipinski definition) is 3. The maximum atomic E-state index is 10.9. The van der Waals surface area contributed by atoms with E-state index < -0.39 is 5.97 Å². The van der Waals surface area contributed by atoms with Crippen molar-refractivity contribution < 1.29 is 9.90 Å². The molecule has 0 radical (unpaired) electrons. The Hall–Kier alpha value is -1.71. The molecule has 4 nitrogen and oxygen atoms in total. The largest absolute Gasteiger partial charge is 0.478 e. The summed E-state index contributed by atoms with van der Waals surface area (Å²) in [6.07, 6.45) is 6.10. The lowest BCUT2D eigenvalue weighted by Crippen LogP contribution is -2.06. The van der Waals surface area contributed by atoms with Gasteiger partial charge in [-0.3, -0.25) is 0 Å². The predicted molar refractivity (Wildman–Crippen MR) is 84.2 cm³/mol. The number of unbranched alkanes of at least 4 members (excludes halogenated alkanes) is 3. The second-order valence-corrected chi connectivity index (χ2v) is 5.63. The lowest BCUT2D eigenvalue weighted by Gasteiger charge is -2.10. The van der Waals surface area contributed by atoms with Gasteiger partial charge in [0.05, 0.1) is 16.9 Å². The number of carboxylic acids is 1. The Morgan fingerprint density at radius 1 is 1.25 bits per heavy atom. The first kappa shape index (κ1) is 16.3. The van der Waals surface area contributed by atoms with Crippen molar-refractivity contribution in [3.05, 3.63) is 23.8 Å². The third-order valence-electron chi connectivity index (χ3n) is 3.32. The maximum absolute atomic E-state index is 10.9. The summed E-state index contributed by atoms with van der Waals surface area (Å²) in [6.45, 7) is 5.33. The van der Waals surface area contributed by atoms with Crippen molar-refractivity contribution in [3.63, 3.8) is 0 Å². The van der Waals surface area contributed by atoms with Gasteiger partial charge in [-0.2, -0.15) is 0 Å². The highest BCUT2D eigenvalue weighted by molar-refractivity contribution is 5.90. The molecule has 0 aromatic heterocycles. The van der Waals surface area contributed by atoms with E-state index in [0.29, 0.717) is 11.4 Å².